The van der Waals surface area contributed by atoms with Crippen LogP contribution in [0.25, 0.3) is 0 Å². The molecule has 1 fully saturated rings. The maximum absolute atomic E-state index is 12.6. The second kappa shape index (κ2) is 8.65. The van der Waals surface area contributed by atoms with E-state index >= 15 is 0 Å². The van der Waals surface area contributed by atoms with Gasteiger partial charge in [0.2, 0.25) is 5.91 Å². The number of anilines is 1. The monoisotopic (exact) mass is 484 g/mol. The molecule has 0 saturated carbocycles. The Morgan fingerprint density at radius 2 is 2.00 bits per heavy atom. The summed E-state index contributed by atoms with van der Waals surface area (Å²) in [6.45, 7) is 8.17. The van der Waals surface area contributed by atoms with Gasteiger partial charge in [0.25, 0.3) is 0 Å². The van der Waals surface area contributed by atoms with E-state index in [2.05, 4.69) is 52.1 Å². The molecular formula is C18H22Br2N4O2. The molecule has 1 aromatic heterocycles. The number of nitrogens with zero attached hydrogens (tertiary/aromatic N) is 3. The topological polar surface area (TPSA) is 61.6 Å². The largest absolute Gasteiger partial charge is 0.361 e. The van der Waals surface area contributed by atoms with Crippen molar-refractivity contribution < 1.29 is 9.32 Å². The van der Waals surface area contributed by atoms with Crippen LogP contribution < -0.4 is 5.32 Å². The molecule has 26 heavy (non-hydrogen) atoms. The minimum Gasteiger partial charge on any atom is -0.361 e. The summed E-state index contributed by atoms with van der Waals surface area (Å²) in [7, 11) is 0. The van der Waals surface area contributed by atoms with Crippen molar-refractivity contribution in [3.8, 4) is 0 Å². The summed E-state index contributed by atoms with van der Waals surface area (Å²) in [6.07, 6.45) is 0. The Morgan fingerprint density at radius 1 is 1.27 bits per heavy atom. The van der Waals surface area contributed by atoms with E-state index in [9.17, 15) is 4.79 Å². The van der Waals surface area contributed by atoms with Crippen molar-refractivity contribution in [2.75, 3.05) is 31.5 Å². The number of hydrogen-bond acceptors (Lipinski definition) is 5. The van der Waals surface area contributed by atoms with Crippen LogP contribution in [0.1, 0.15) is 18.4 Å². The molecule has 0 bridgehead atoms. The van der Waals surface area contributed by atoms with Crippen LogP contribution in [0.3, 0.4) is 0 Å². The molecule has 1 aliphatic rings. The summed E-state index contributed by atoms with van der Waals surface area (Å²) in [5, 5.41) is 7.06. The Balaban J connectivity index is 1.51. The zero-order valence-electron chi connectivity index (χ0n) is 14.8. The number of hydrogen-bond donors (Lipinski definition) is 1. The van der Waals surface area contributed by atoms with Gasteiger partial charge in [0.05, 0.1) is 17.4 Å². The van der Waals surface area contributed by atoms with Gasteiger partial charge in [-0.2, -0.15) is 0 Å². The van der Waals surface area contributed by atoms with E-state index in [-0.39, 0.29) is 11.9 Å². The lowest BCUT2D eigenvalue weighted by Crippen LogP contribution is -2.52. The summed E-state index contributed by atoms with van der Waals surface area (Å²) in [5.74, 6) is 0.844. The maximum atomic E-state index is 12.6. The van der Waals surface area contributed by atoms with Crippen molar-refractivity contribution in [1.82, 2.24) is 15.0 Å². The molecule has 1 unspecified atom stereocenters. The number of benzene rings is 1. The number of amides is 1. The SMILES string of the molecule is Cc1cc(CN2CCN(C(C)C(=O)Nc3ccc(Br)cc3Br)CC2)no1. The standard InChI is InChI=1S/C18H22Br2N4O2/c1-12-9-15(22-26-12)11-23-5-7-24(8-6-23)13(2)18(25)21-17-4-3-14(19)10-16(17)20/h3-4,9-10,13H,5-8,11H2,1-2H3,(H,21,25). The molecule has 2 aromatic rings. The highest BCUT2D eigenvalue weighted by Crippen LogP contribution is 2.26. The number of aryl methyl sites for hydroxylation is 1. The lowest BCUT2D eigenvalue weighted by molar-refractivity contribution is -0.121. The van der Waals surface area contributed by atoms with Gasteiger partial charge < -0.3 is 9.84 Å². The molecule has 0 spiro atoms. The fraction of sp³-hybridized carbons (Fsp3) is 0.444. The second-order valence-corrected chi connectivity index (χ2v) is 8.30. The smallest absolute Gasteiger partial charge is 0.241 e. The summed E-state index contributed by atoms with van der Waals surface area (Å²) in [5.41, 5.74) is 1.74. The van der Waals surface area contributed by atoms with Crippen LogP contribution in [0, 0.1) is 6.92 Å². The second-order valence-electron chi connectivity index (χ2n) is 6.53. The molecule has 1 saturated heterocycles. The molecule has 1 aromatic carbocycles. The van der Waals surface area contributed by atoms with Crippen LogP contribution in [-0.4, -0.2) is 53.1 Å². The summed E-state index contributed by atoms with van der Waals surface area (Å²) < 4.78 is 6.95. The third kappa shape index (κ3) is 4.94. The van der Waals surface area contributed by atoms with Crippen molar-refractivity contribution in [3.05, 3.63) is 44.7 Å². The van der Waals surface area contributed by atoms with Crippen LogP contribution in [0.4, 0.5) is 5.69 Å². The fourth-order valence-electron chi connectivity index (χ4n) is 3.02. The number of carbonyl (C=O) groups excluding carboxylic acids is 1. The molecule has 1 amide bonds. The average Bonchev–Trinajstić information content (AvgIpc) is 3.02. The van der Waals surface area contributed by atoms with Gasteiger partial charge in [-0.1, -0.05) is 21.1 Å². The minimum absolute atomic E-state index is 0.00796. The number of carbonyl (C=O) groups is 1. The molecule has 3 rings (SSSR count). The molecule has 6 nitrogen and oxygen atoms in total. The Hall–Kier alpha value is -1.22. The Morgan fingerprint density at radius 3 is 2.62 bits per heavy atom. The van der Waals surface area contributed by atoms with Crippen molar-refractivity contribution in [1.29, 1.82) is 0 Å². The normalized spacial score (nSPS) is 17.2. The Labute approximate surface area is 170 Å². The van der Waals surface area contributed by atoms with Crippen LogP contribution in [0.2, 0.25) is 0 Å². The maximum Gasteiger partial charge on any atom is 0.241 e. The van der Waals surface area contributed by atoms with E-state index < -0.39 is 0 Å². The number of halogens is 2. The van der Waals surface area contributed by atoms with Crippen LogP contribution >= 0.6 is 31.9 Å². The van der Waals surface area contributed by atoms with Gasteiger partial charge in [0, 0.05) is 47.7 Å². The molecule has 0 aliphatic carbocycles. The highest BCUT2D eigenvalue weighted by molar-refractivity contribution is 9.11. The van der Waals surface area contributed by atoms with Crippen LogP contribution in [0.5, 0.6) is 0 Å². The third-order valence-electron chi connectivity index (χ3n) is 4.59. The van der Waals surface area contributed by atoms with Crippen LogP contribution in [0.15, 0.2) is 37.7 Å². The third-order valence-corrected chi connectivity index (χ3v) is 5.73. The molecule has 8 heteroatoms. The quantitative estimate of drug-likeness (QED) is 0.700. The van der Waals surface area contributed by atoms with Crippen molar-refractivity contribution in [2.45, 2.75) is 26.4 Å². The Bertz CT molecular complexity index is 772. The summed E-state index contributed by atoms with van der Waals surface area (Å²) in [4.78, 5) is 17.2. The van der Waals surface area contributed by atoms with Crippen molar-refractivity contribution in [3.63, 3.8) is 0 Å². The van der Waals surface area contributed by atoms with Gasteiger partial charge in [0.15, 0.2) is 0 Å². The lowest BCUT2D eigenvalue weighted by atomic mass is 10.2. The Kier molecular flexibility index (Phi) is 6.50. The molecule has 1 N–H and O–H groups in total. The minimum atomic E-state index is -0.179. The summed E-state index contributed by atoms with van der Waals surface area (Å²) >= 11 is 6.90. The molecule has 2 heterocycles. The van der Waals surface area contributed by atoms with E-state index in [4.69, 9.17) is 4.52 Å². The first-order valence-corrected chi connectivity index (χ1v) is 10.2. The van der Waals surface area contributed by atoms with E-state index in [1.54, 1.807) is 0 Å². The predicted octanol–water partition coefficient (Wildman–Crippen LogP) is 3.65. The average molecular weight is 486 g/mol. The first-order valence-electron chi connectivity index (χ1n) is 8.57. The predicted molar refractivity (Wildman–Crippen MR) is 108 cm³/mol. The lowest BCUT2D eigenvalue weighted by Gasteiger charge is -2.37. The van der Waals surface area contributed by atoms with Gasteiger partial charge in [0.1, 0.15) is 5.76 Å². The number of nitrogens with one attached hydrogen (secondary N) is 1. The molecule has 1 atom stereocenters. The molecule has 0 radical (unpaired) electrons. The van der Waals surface area contributed by atoms with Gasteiger partial charge in [-0.15, -0.1) is 0 Å². The van der Waals surface area contributed by atoms with E-state index in [0.717, 1.165) is 58.8 Å². The van der Waals surface area contributed by atoms with Crippen LogP contribution in [-0.2, 0) is 11.3 Å². The van der Waals surface area contributed by atoms with Gasteiger partial charge >= 0.3 is 0 Å². The zero-order chi connectivity index (χ0) is 18.7. The van der Waals surface area contributed by atoms with Crippen molar-refractivity contribution >= 4 is 43.5 Å². The molecule has 140 valence electrons. The van der Waals surface area contributed by atoms with E-state index in [0.29, 0.717) is 0 Å². The van der Waals surface area contributed by atoms with Crippen molar-refractivity contribution in [2.24, 2.45) is 0 Å². The van der Waals surface area contributed by atoms with E-state index in [1.165, 1.54) is 0 Å². The zero-order valence-corrected chi connectivity index (χ0v) is 18.0. The number of rotatable bonds is 5. The summed E-state index contributed by atoms with van der Waals surface area (Å²) in [6, 6.07) is 7.51. The highest BCUT2D eigenvalue weighted by atomic mass is 79.9. The van der Waals surface area contributed by atoms with Gasteiger partial charge in [-0.05, 0) is 48.0 Å². The first kappa shape index (κ1) is 19.5. The number of aromatic nitrogens is 1. The fourth-order valence-corrected chi connectivity index (χ4v) is 4.17. The van der Waals surface area contributed by atoms with Gasteiger partial charge in [-0.3, -0.25) is 14.6 Å². The number of piperazine rings is 1. The van der Waals surface area contributed by atoms with Gasteiger partial charge in [-0.25, -0.2) is 0 Å². The molecular weight excluding hydrogens is 464 g/mol. The van der Waals surface area contributed by atoms with E-state index in [1.807, 2.05) is 38.1 Å². The first-order chi connectivity index (χ1) is 12.4. The highest BCUT2D eigenvalue weighted by Gasteiger charge is 2.26. The molecule has 1 aliphatic heterocycles.